The van der Waals surface area contributed by atoms with E-state index in [1.165, 1.54) is 27.2 Å². The number of ether oxygens (including phenoxy) is 1. The number of aliphatic hydroxyl groups is 8. The number of esters is 1. The molecule has 2 aliphatic heterocycles. The lowest BCUT2D eigenvalue weighted by molar-refractivity contribution is -0.233. The molecule has 1 spiro atoms. The number of aromatic amines is 1. The fourth-order valence-corrected chi connectivity index (χ4v) is 24.7. The lowest BCUT2D eigenvalue weighted by atomic mass is 9.37. The fraction of sp³-hybridized carbons (Fsp3) is 0.686. The first-order valence-electron chi connectivity index (χ1n) is 33.3. The number of carbonyl (C=O) groups is 3. The molecule has 1 aromatic heterocycles. The highest BCUT2D eigenvalue weighted by atomic mass is 33.1. The molecule has 18 nitrogen and oxygen atoms in total. The number of allylic oxidation sites excluding steroid dienone is 5. The molecular formula is C70H93N5O13S2. The second kappa shape index (κ2) is 24.3. The Bertz CT molecular complexity index is 3270. The predicted octanol–water partition coefficient (Wildman–Crippen LogP) is 5.58. The molecule has 9 aliphatic carbocycles. The van der Waals surface area contributed by atoms with Gasteiger partial charge in [-0.2, -0.15) is 0 Å². The summed E-state index contributed by atoms with van der Waals surface area (Å²) in [7, 11) is 2.95. The third kappa shape index (κ3) is 10.2. The third-order valence-electron chi connectivity index (χ3n) is 25.4. The highest BCUT2D eigenvalue weighted by molar-refractivity contribution is 8.76. The van der Waals surface area contributed by atoms with Crippen LogP contribution in [0.4, 0.5) is 0 Å². The number of phenolic OH excluding ortho intramolecular Hbond substituents is 1. The molecule has 0 amide bonds. The van der Waals surface area contributed by atoms with Crippen molar-refractivity contribution in [1.82, 2.24) is 10.3 Å². The largest absolute Gasteiger partial charge is 0.508 e. The molecule has 8 bridgehead atoms. The Morgan fingerprint density at radius 1 is 0.911 bits per heavy atom. The van der Waals surface area contributed by atoms with Crippen LogP contribution in [0.15, 0.2) is 82.8 Å². The number of rotatable bonds is 8. The number of aliphatic imine (C=N–C) groups is 1. The molecule has 7 fully saturated rings. The minimum atomic E-state index is -2.13. The summed E-state index contributed by atoms with van der Waals surface area (Å²) < 4.78 is 6.38. The summed E-state index contributed by atoms with van der Waals surface area (Å²) in [5.74, 6) is -2.09. The zero-order valence-corrected chi connectivity index (χ0v) is 53.7. The van der Waals surface area contributed by atoms with Crippen molar-refractivity contribution in [2.75, 3.05) is 24.7 Å². The standard InChI is InChI=1S/C70H93N5O13S2/c1-5-51-56(54(65(85)88-51)39-19-20-73-28-39)43-8-6-7-38-26-70(87)59-57(67(3)27-50(79)61(81)47-32-90-89-31-40(34-12-16-42(77)17-13-34)23-49(78)48(30-76)75-60(59)62(82)58(47)67)37-11-15-41(29-74-66(71)72)69(70,25-37)63(38)68(4,86)52(80)24-46(64(83)84)53-36-14-18-44(43)55(53)45-21-33(2)9-10-35(45)22-36/h12-14,16-20,22,28,33,36-38,40-41,43-48,50-58,61,63-64,73,75-77,79-81,83-84,86-87H,5,7,9-11,15,21,23-27,29-32H2,1-4H3,(H4,71,72,74)/t33-,36-,37-,38+,40-,41-,43-,44-,45+,46+,47+,48-,50-,51+,52+,53-,54-,55+,56+,57-,58-,61+,63+,67+,68-,69-,70+/m0/s1. The maximum atomic E-state index is 16.5. The highest BCUT2D eigenvalue weighted by Crippen LogP contribution is 2.77. The maximum Gasteiger partial charge on any atom is 0.314 e. The third-order valence-corrected chi connectivity index (χ3v) is 28.0. The first-order chi connectivity index (χ1) is 43.0. The van der Waals surface area contributed by atoms with Gasteiger partial charge < -0.3 is 72.5 Å². The van der Waals surface area contributed by atoms with Crippen molar-refractivity contribution in [1.29, 1.82) is 0 Å². The van der Waals surface area contributed by atoms with Gasteiger partial charge in [-0.05, 0) is 171 Å². The van der Waals surface area contributed by atoms with E-state index in [-0.39, 0.29) is 104 Å². The van der Waals surface area contributed by atoms with Crippen molar-refractivity contribution in [3.8, 4) is 17.6 Å². The summed E-state index contributed by atoms with van der Waals surface area (Å²) in [6.45, 7) is 7.15. The Morgan fingerprint density at radius 3 is 2.39 bits per heavy atom. The molecule has 13 rings (SSSR count). The smallest absolute Gasteiger partial charge is 0.314 e. The Morgan fingerprint density at radius 2 is 1.68 bits per heavy atom. The number of cyclic esters (lactones) is 1. The number of phenols is 1. The van der Waals surface area contributed by atoms with Gasteiger partial charge in [0.25, 0.3) is 0 Å². The zero-order chi connectivity index (χ0) is 63.7. The zero-order valence-electron chi connectivity index (χ0n) is 52.0. The van der Waals surface area contributed by atoms with Gasteiger partial charge in [-0.3, -0.25) is 19.4 Å². The summed E-state index contributed by atoms with van der Waals surface area (Å²) in [6.07, 6.45) is 7.90. The minimum Gasteiger partial charge on any atom is -0.508 e. The summed E-state index contributed by atoms with van der Waals surface area (Å²) in [5, 5.41) is 117. The molecular weight excluding hydrogens is 1180 g/mol. The summed E-state index contributed by atoms with van der Waals surface area (Å²) in [4.78, 5) is 53.9. The van der Waals surface area contributed by atoms with Crippen molar-refractivity contribution in [3.05, 3.63) is 88.9 Å². The van der Waals surface area contributed by atoms with E-state index in [0.717, 1.165) is 30.4 Å². The van der Waals surface area contributed by atoms with Crippen molar-refractivity contribution in [2.24, 2.45) is 122 Å². The Kier molecular flexibility index (Phi) is 17.3. The topological polar surface area (TPSA) is 335 Å². The number of Topliss-reactive ketones (excluding diaryl/α,β-unsaturated/α-hetero) is 2. The van der Waals surface area contributed by atoms with Crippen LogP contribution in [0.5, 0.6) is 5.75 Å². The summed E-state index contributed by atoms with van der Waals surface area (Å²) in [6, 6.07) is 7.19. The molecule has 2 aromatic rings. The molecule has 90 heavy (non-hydrogen) atoms. The first-order valence-corrected chi connectivity index (χ1v) is 35.8. The Labute approximate surface area is 535 Å². The van der Waals surface area contributed by atoms with E-state index in [4.69, 9.17) is 16.2 Å². The van der Waals surface area contributed by atoms with Crippen molar-refractivity contribution in [2.45, 2.75) is 165 Å². The quantitative estimate of drug-likeness (QED) is 0.0292. The number of nitrogens with one attached hydrogen (secondary N) is 2. The number of aromatic nitrogens is 1. The van der Waals surface area contributed by atoms with Gasteiger partial charge >= 0.3 is 5.97 Å². The number of fused-ring (bicyclic) bond motifs is 8. The molecule has 20 heteroatoms. The minimum absolute atomic E-state index is 0.00672. The van der Waals surface area contributed by atoms with Crippen LogP contribution in [-0.4, -0.2) is 147 Å². The number of benzene rings is 1. The lowest BCUT2D eigenvalue weighted by Crippen LogP contribution is -2.71. The average molecular weight is 1280 g/mol. The van der Waals surface area contributed by atoms with Crippen LogP contribution >= 0.6 is 21.6 Å². The number of hydrogen-bond acceptors (Lipinski definition) is 17. The number of nitrogens with zero attached hydrogens (tertiary/aromatic N) is 1. The van der Waals surface area contributed by atoms with E-state index in [1.807, 2.05) is 26.1 Å². The number of carbonyl (C=O) groups excluding carboxylic acids is 3. The fourth-order valence-electron chi connectivity index (χ4n) is 21.9. The van der Waals surface area contributed by atoms with E-state index >= 15 is 14.7 Å². The molecule has 1 aromatic carbocycles. The van der Waals surface area contributed by atoms with Crippen molar-refractivity contribution in [3.63, 3.8) is 0 Å². The van der Waals surface area contributed by atoms with Gasteiger partial charge in [0.2, 0.25) is 0 Å². The van der Waals surface area contributed by atoms with Gasteiger partial charge in [-0.1, -0.05) is 84.2 Å². The lowest BCUT2D eigenvalue weighted by Gasteiger charge is -2.69. The highest BCUT2D eigenvalue weighted by Gasteiger charge is 2.79. The molecule has 0 unspecified atom stereocenters. The Balaban J connectivity index is 1.03. The van der Waals surface area contributed by atoms with E-state index in [0.29, 0.717) is 36.5 Å². The predicted molar refractivity (Wildman–Crippen MR) is 341 cm³/mol. The molecule has 0 radical (unpaired) electrons. The van der Waals surface area contributed by atoms with Crippen molar-refractivity contribution < 1.29 is 65.1 Å². The van der Waals surface area contributed by atoms with Crippen LogP contribution < -0.4 is 16.8 Å². The van der Waals surface area contributed by atoms with E-state index in [1.54, 1.807) is 37.4 Å². The SMILES string of the molecule is CC[C@H]1OC(=O)[C@@H](c2cc[nH]c2)[C@@H]1[C@H]1C#CC[C@@H]2C[C@@]3(O)C4=C5N[C@@H](CO)C(=O)C[C@H](c6ccc(O)cc6)CSSC[C@H]6[C@@H](O)[C@@H](O)C[C@](C)([C@H]4[C@H]4CC[C@@H](CN=C(N)N)[C@@]3(C4)[C@H]2[C@@](C)(O)[C@H](O)C[C@@H](C(O)O)[C@@H]2[C@H]3C=C[C@@H]1[C@@H]2[C@@H]1C[C@@H](C)CCC1=C3)[C@@H]6C5=O. The number of hydrogen-bond donors (Lipinski definition) is 13. The monoisotopic (exact) mass is 1280 g/mol. The Hall–Kier alpha value is -4.66. The molecule has 27 atom stereocenters. The van der Waals surface area contributed by atoms with E-state index in [9.17, 15) is 45.6 Å². The van der Waals surface area contributed by atoms with E-state index in [2.05, 4.69) is 52.3 Å². The molecule has 488 valence electrons. The number of guanidine groups is 1. The van der Waals surface area contributed by atoms with Crippen LogP contribution in [0.3, 0.4) is 0 Å². The number of aliphatic hydroxyl groups excluding tert-OH is 5. The molecule has 5 saturated carbocycles. The van der Waals surface area contributed by atoms with Gasteiger partial charge in [-0.25, -0.2) is 0 Å². The number of ketones is 2. The van der Waals surface area contributed by atoms with Crippen molar-refractivity contribution >= 4 is 45.1 Å². The molecule has 15 N–H and O–H groups in total. The van der Waals surface area contributed by atoms with Gasteiger partial charge in [0.05, 0.1) is 47.7 Å². The first kappa shape index (κ1) is 64.1. The van der Waals surface area contributed by atoms with Gasteiger partial charge in [0.1, 0.15) is 17.9 Å². The van der Waals surface area contributed by atoms with Gasteiger partial charge in [-0.15, -0.1) is 5.92 Å². The second-order valence-corrected chi connectivity index (χ2v) is 32.5. The van der Waals surface area contributed by atoms with Crippen LogP contribution in [-0.2, 0) is 19.1 Å². The van der Waals surface area contributed by atoms with Gasteiger partial charge in [0.15, 0.2) is 23.8 Å². The molecule has 3 heterocycles. The normalized spacial score (nSPS) is 46.4. The number of H-pyrrole nitrogens is 1. The summed E-state index contributed by atoms with van der Waals surface area (Å²) >= 11 is 0. The van der Waals surface area contributed by atoms with Crippen LogP contribution in [0.25, 0.3) is 0 Å². The maximum absolute atomic E-state index is 16.5. The molecule has 2 saturated heterocycles. The second-order valence-electron chi connectivity index (χ2n) is 29.9. The van der Waals surface area contributed by atoms with Gasteiger partial charge in [0, 0.05) is 90.1 Å². The molecule has 11 aliphatic rings. The average Bonchev–Trinajstić information content (AvgIpc) is 1.29. The number of nitrogens with two attached hydrogens (primary N) is 2. The summed E-state index contributed by atoms with van der Waals surface area (Å²) in [5.41, 5.74) is 8.82. The van der Waals surface area contributed by atoms with Crippen LogP contribution in [0.1, 0.15) is 128 Å². The number of aromatic hydroxyl groups is 1. The van der Waals surface area contributed by atoms with Crippen LogP contribution in [0.2, 0.25) is 0 Å². The van der Waals surface area contributed by atoms with E-state index < -0.39 is 148 Å². The van der Waals surface area contributed by atoms with Crippen LogP contribution in [0, 0.1) is 117 Å².